The number of benzene rings is 1. The normalized spacial score (nSPS) is 11.6. The SMILES string of the molecule is CCCC(=O)[C@H](CCCCCC(=O)OC)NC(=O)c1ccccc1. The van der Waals surface area contributed by atoms with Crippen LogP contribution in [-0.2, 0) is 14.3 Å². The molecule has 1 atom stereocenters. The molecule has 1 aromatic rings. The lowest BCUT2D eigenvalue weighted by molar-refractivity contribution is -0.140. The molecule has 0 heterocycles. The van der Waals surface area contributed by atoms with E-state index in [4.69, 9.17) is 0 Å². The highest BCUT2D eigenvalue weighted by Crippen LogP contribution is 2.10. The first-order chi connectivity index (χ1) is 11.6. The molecule has 0 aliphatic heterocycles. The molecule has 0 spiro atoms. The van der Waals surface area contributed by atoms with Crippen molar-refractivity contribution >= 4 is 17.7 Å². The highest BCUT2D eigenvalue weighted by atomic mass is 16.5. The zero-order valence-corrected chi connectivity index (χ0v) is 14.5. The first-order valence-corrected chi connectivity index (χ1v) is 8.54. The molecule has 0 aromatic heterocycles. The number of carbonyl (C=O) groups is 3. The molecule has 5 heteroatoms. The summed E-state index contributed by atoms with van der Waals surface area (Å²) in [4.78, 5) is 35.6. The summed E-state index contributed by atoms with van der Waals surface area (Å²) in [5.74, 6) is -0.375. The Morgan fingerprint density at radius 2 is 1.75 bits per heavy atom. The largest absolute Gasteiger partial charge is 0.469 e. The number of amides is 1. The fraction of sp³-hybridized carbons (Fsp3) is 0.526. The number of hydrogen-bond donors (Lipinski definition) is 1. The smallest absolute Gasteiger partial charge is 0.305 e. The van der Waals surface area contributed by atoms with E-state index in [9.17, 15) is 14.4 Å². The van der Waals surface area contributed by atoms with Crippen LogP contribution in [-0.4, -0.2) is 30.8 Å². The van der Waals surface area contributed by atoms with Crippen LogP contribution in [0, 0.1) is 0 Å². The van der Waals surface area contributed by atoms with Crippen molar-refractivity contribution in [1.29, 1.82) is 0 Å². The Balaban J connectivity index is 2.50. The molecule has 0 unspecified atom stereocenters. The van der Waals surface area contributed by atoms with Gasteiger partial charge in [-0.25, -0.2) is 0 Å². The molecule has 0 bridgehead atoms. The molecule has 132 valence electrons. The average molecular weight is 333 g/mol. The third-order valence-corrected chi connectivity index (χ3v) is 3.83. The van der Waals surface area contributed by atoms with E-state index in [1.54, 1.807) is 24.3 Å². The van der Waals surface area contributed by atoms with E-state index in [2.05, 4.69) is 10.1 Å². The van der Waals surface area contributed by atoms with Crippen LogP contribution in [0.4, 0.5) is 0 Å². The fourth-order valence-corrected chi connectivity index (χ4v) is 2.46. The number of rotatable bonds is 11. The molecule has 5 nitrogen and oxygen atoms in total. The molecule has 1 rings (SSSR count). The number of ketones is 1. The molecule has 0 saturated heterocycles. The number of esters is 1. The van der Waals surface area contributed by atoms with Gasteiger partial charge in [0.05, 0.1) is 13.2 Å². The first kappa shape index (κ1) is 19.9. The van der Waals surface area contributed by atoms with E-state index < -0.39 is 6.04 Å². The van der Waals surface area contributed by atoms with E-state index in [1.165, 1.54) is 7.11 Å². The molecular weight excluding hydrogens is 306 g/mol. The van der Waals surface area contributed by atoms with Gasteiger partial charge in [-0.05, 0) is 31.4 Å². The predicted molar refractivity (Wildman–Crippen MR) is 92.7 cm³/mol. The lowest BCUT2D eigenvalue weighted by Crippen LogP contribution is -2.40. The molecular formula is C19H27NO4. The van der Waals surface area contributed by atoms with Crippen LogP contribution in [0.5, 0.6) is 0 Å². The molecule has 0 aliphatic rings. The summed E-state index contributed by atoms with van der Waals surface area (Å²) in [5, 5.41) is 2.85. The van der Waals surface area contributed by atoms with Gasteiger partial charge in [-0.2, -0.15) is 0 Å². The summed E-state index contributed by atoms with van der Waals surface area (Å²) < 4.78 is 4.60. The lowest BCUT2D eigenvalue weighted by Gasteiger charge is -2.17. The number of methoxy groups -OCH3 is 1. The van der Waals surface area contributed by atoms with Crippen LogP contribution >= 0.6 is 0 Å². The highest BCUT2D eigenvalue weighted by molar-refractivity contribution is 5.97. The Hall–Kier alpha value is -2.17. The fourth-order valence-electron chi connectivity index (χ4n) is 2.46. The summed E-state index contributed by atoms with van der Waals surface area (Å²) in [6, 6.07) is 8.43. The minimum Gasteiger partial charge on any atom is -0.469 e. The van der Waals surface area contributed by atoms with Crippen LogP contribution in [0.15, 0.2) is 30.3 Å². The van der Waals surface area contributed by atoms with Crippen LogP contribution < -0.4 is 5.32 Å². The van der Waals surface area contributed by atoms with E-state index in [0.717, 1.165) is 25.7 Å². The molecule has 0 radical (unpaired) electrons. The second-order valence-corrected chi connectivity index (χ2v) is 5.78. The van der Waals surface area contributed by atoms with Gasteiger partial charge in [0.2, 0.25) is 0 Å². The number of carbonyl (C=O) groups excluding carboxylic acids is 3. The van der Waals surface area contributed by atoms with Crippen molar-refractivity contribution in [2.75, 3.05) is 7.11 Å². The summed E-state index contributed by atoms with van der Waals surface area (Å²) in [7, 11) is 1.38. The zero-order chi connectivity index (χ0) is 17.8. The minimum atomic E-state index is -0.462. The Labute approximate surface area is 143 Å². The quantitative estimate of drug-likeness (QED) is 0.498. The van der Waals surface area contributed by atoms with E-state index in [1.807, 2.05) is 13.0 Å². The maximum Gasteiger partial charge on any atom is 0.305 e. The zero-order valence-electron chi connectivity index (χ0n) is 14.5. The molecule has 0 fully saturated rings. The van der Waals surface area contributed by atoms with Gasteiger partial charge in [0.15, 0.2) is 5.78 Å². The van der Waals surface area contributed by atoms with Gasteiger partial charge < -0.3 is 10.1 Å². The van der Waals surface area contributed by atoms with Crippen molar-refractivity contribution in [3.63, 3.8) is 0 Å². The van der Waals surface area contributed by atoms with Gasteiger partial charge in [0, 0.05) is 18.4 Å². The maximum atomic E-state index is 12.3. The highest BCUT2D eigenvalue weighted by Gasteiger charge is 2.20. The molecule has 1 amide bonds. The molecule has 0 saturated carbocycles. The molecule has 1 aromatic carbocycles. The second-order valence-electron chi connectivity index (χ2n) is 5.78. The number of hydrogen-bond acceptors (Lipinski definition) is 4. The number of unbranched alkanes of at least 4 members (excludes halogenated alkanes) is 2. The van der Waals surface area contributed by atoms with E-state index in [0.29, 0.717) is 24.8 Å². The van der Waals surface area contributed by atoms with Crippen molar-refractivity contribution in [3.05, 3.63) is 35.9 Å². The van der Waals surface area contributed by atoms with Gasteiger partial charge in [-0.1, -0.05) is 38.0 Å². The van der Waals surface area contributed by atoms with Gasteiger partial charge in [-0.15, -0.1) is 0 Å². The summed E-state index contributed by atoms with van der Waals surface area (Å²) >= 11 is 0. The summed E-state index contributed by atoms with van der Waals surface area (Å²) in [5.41, 5.74) is 0.553. The number of nitrogens with one attached hydrogen (secondary N) is 1. The molecule has 1 N–H and O–H groups in total. The Morgan fingerprint density at radius 3 is 2.38 bits per heavy atom. The topological polar surface area (TPSA) is 72.5 Å². The Kier molecular flexibility index (Phi) is 9.42. The molecule has 0 aliphatic carbocycles. The third kappa shape index (κ3) is 7.40. The standard InChI is InChI=1S/C19H27NO4/c1-3-10-17(21)16(13-8-5-9-14-18(22)24-2)20-19(23)15-11-6-4-7-12-15/h4,6-7,11-12,16H,3,5,8-10,13-14H2,1-2H3,(H,20,23)/t16-/m0/s1. The Morgan fingerprint density at radius 1 is 1.04 bits per heavy atom. The lowest BCUT2D eigenvalue weighted by atomic mass is 10.0. The molecule has 24 heavy (non-hydrogen) atoms. The van der Waals surface area contributed by atoms with Crippen LogP contribution in [0.25, 0.3) is 0 Å². The Bertz CT molecular complexity index is 527. The maximum absolute atomic E-state index is 12.3. The third-order valence-electron chi connectivity index (χ3n) is 3.83. The van der Waals surface area contributed by atoms with Crippen LogP contribution in [0.1, 0.15) is 62.2 Å². The summed E-state index contributed by atoms with van der Waals surface area (Å²) in [6.45, 7) is 1.95. The van der Waals surface area contributed by atoms with Crippen LogP contribution in [0.2, 0.25) is 0 Å². The van der Waals surface area contributed by atoms with Crippen molar-refractivity contribution in [3.8, 4) is 0 Å². The number of Topliss-reactive ketones (excluding diaryl/α,β-unsaturated/α-hetero) is 1. The van der Waals surface area contributed by atoms with Crippen LogP contribution in [0.3, 0.4) is 0 Å². The first-order valence-electron chi connectivity index (χ1n) is 8.54. The van der Waals surface area contributed by atoms with Crippen molar-refractivity contribution in [1.82, 2.24) is 5.32 Å². The van der Waals surface area contributed by atoms with Gasteiger partial charge >= 0.3 is 5.97 Å². The second kappa shape index (κ2) is 11.4. The van der Waals surface area contributed by atoms with E-state index >= 15 is 0 Å². The van der Waals surface area contributed by atoms with E-state index in [-0.39, 0.29) is 17.7 Å². The van der Waals surface area contributed by atoms with Crippen molar-refractivity contribution in [2.24, 2.45) is 0 Å². The van der Waals surface area contributed by atoms with Gasteiger partial charge in [0.25, 0.3) is 5.91 Å². The average Bonchev–Trinajstić information content (AvgIpc) is 2.60. The van der Waals surface area contributed by atoms with Crippen molar-refractivity contribution in [2.45, 2.75) is 57.9 Å². The predicted octanol–water partition coefficient (Wildman–Crippen LogP) is 3.28. The monoisotopic (exact) mass is 333 g/mol. The summed E-state index contributed by atoms with van der Waals surface area (Å²) in [6.07, 6.45) is 4.55. The minimum absolute atomic E-state index is 0.0646. The van der Waals surface area contributed by atoms with Gasteiger partial charge in [-0.3, -0.25) is 14.4 Å². The van der Waals surface area contributed by atoms with Crippen molar-refractivity contribution < 1.29 is 19.1 Å². The van der Waals surface area contributed by atoms with Gasteiger partial charge in [0.1, 0.15) is 0 Å². The number of ether oxygens (including phenoxy) is 1.